The van der Waals surface area contributed by atoms with E-state index < -0.39 is 0 Å². The zero-order valence-electron chi connectivity index (χ0n) is 15.5. The summed E-state index contributed by atoms with van der Waals surface area (Å²) in [5, 5.41) is 0.887. The predicted octanol–water partition coefficient (Wildman–Crippen LogP) is 4.22. The molecule has 1 aliphatic rings. The first-order valence-corrected chi connectivity index (χ1v) is 9.51. The van der Waals surface area contributed by atoms with Crippen LogP contribution in [0.15, 0.2) is 24.3 Å². The molecule has 0 radical (unpaired) electrons. The second kappa shape index (κ2) is 10.4. The Labute approximate surface area is 176 Å². The van der Waals surface area contributed by atoms with Gasteiger partial charge in [0.25, 0.3) is 5.91 Å². The van der Waals surface area contributed by atoms with Crippen LogP contribution in [0.25, 0.3) is 0 Å². The van der Waals surface area contributed by atoms with Crippen LogP contribution in [-0.4, -0.2) is 34.9 Å². The summed E-state index contributed by atoms with van der Waals surface area (Å²) in [4.78, 5) is 20.0. The van der Waals surface area contributed by atoms with E-state index in [9.17, 15) is 9.18 Å². The Morgan fingerprint density at radius 1 is 1.30 bits per heavy atom. The molecule has 1 aromatic carbocycles. The maximum Gasteiger partial charge on any atom is 0.265 e. The van der Waals surface area contributed by atoms with Gasteiger partial charge in [-0.15, -0.1) is 36.2 Å². The first kappa shape index (κ1) is 23.8. The number of rotatable bonds is 4. The maximum atomic E-state index is 13.0. The highest BCUT2D eigenvalue weighted by atomic mass is 35.5. The van der Waals surface area contributed by atoms with E-state index in [2.05, 4.69) is 4.98 Å². The van der Waals surface area contributed by atoms with Crippen molar-refractivity contribution < 1.29 is 9.18 Å². The number of aryl methyl sites for hydroxylation is 1. The van der Waals surface area contributed by atoms with Crippen molar-refractivity contribution in [2.75, 3.05) is 13.1 Å². The van der Waals surface area contributed by atoms with Crippen molar-refractivity contribution in [2.24, 2.45) is 11.7 Å². The van der Waals surface area contributed by atoms with Crippen LogP contribution in [0.3, 0.4) is 0 Å². The summed E-state index contributed by atoms with van der Waals surface area (Å²) in [6.07, 6.45) is 2.54. The van der Waals surface area contributed by atoms with Crippen molar-refractivity contribution in [3.8, 4) is 0 Å². The van der Waals surface area contributed by atoms with Crippen LogP contribution < -0.4 is 5.73 Å². The fourth-order valence-corrected chi connectivity index (χ4v) is 4.34. The molecule has 1 aromatic heterocycles. The van der Waals surface area contributed by atoms with Crippen molar-refractivity contribution >= 4 is 42.1 Å². The van der Waals surface area contributed by atoms with Crippen LogP contribution in [0.1, 0.15) is 45.7 Å². The number of carbonyl (C=O) groups is 1. The first-order chi connectivity index (χ1) is 11.9. The normalized spacial score (nSPS) is 15.6. The van der Waals surface area contributed by atoms with Gasteiger partial charge in [0.1, 0.15) is 10.7 Å². The Hall–Kier alpha value is -1.21. The molecule has 150 valence electrons. The molecule has 2 N–H and O–H groups in total. The smallest absolute Gasteiger partial charge is 0.265 e. The highest BCUT2D eigenvalue weighted by Gasteiger charge is 2.27. The van der Waals surface area contributed by atoms with Gasteiger partial charge in [-0.25, -0.2) is 9.37 Å². The summed E-state index contributed by atoms with van der Waals surface area (Å²) >= 11 is 1.45. The molecule has 0 spiro atoms. The third-order valence-electron chi connectivity index (χ3n) is 4.87. The van der Waals surface area contributed by atoms with E-state index in [0.29, 0.717) is 12.3 Å². The summed E-state index contributed by atoms with van der Waals surface area (Å²) in [6.45, 7) is 5.44. The van der Waals surface area contributed by atoms with Gasteiger partial charge in [0.15, 0.2) is 0 Å². The number of nitrogens with two attached hydrogens (primary N) is 1. The summed E-state index contributed by atoms with van der Waals surface area (Å²) in [7, 11) is 0. The SMILES string of the molecule is Cc1nc(Cc2ccc(F)cc2)sc1C(=O)N1CCC(C(C)N)CC1.Cl.Cl. The number of carbonyl (C=O) groups excluding carboxylic acids is 1. The van der Waals surface area contributed by atoms with E-state index in [1.165, 1.54) is 23.5 Å². The van der Waals surface area contributed by atoms with Gasteiger partial charge < -0.3 is 10.6 Å². The van der Waals surface area contributed by atoms with Gasteiger partial charge in [0.2, 0.25) is 0 Å². The van der Waals surface area contributed by atoms with Crippen LogP contribution in [0, 0.1) is 18.7 Å². The van der Waals surface area contributed by atoms with Gasteiger partial charge in [-0.2, -0.15) is 0 Å². The molecule has 0 bridgehead atoms. The minimum atomic E-state index is -0.245. The van der Waals surface area contributed by atoms with Gasteiger partial charge in [0, 0.05) is 25.6 Å². The molecule has 0 saturated carbocycles. The molecule has 0 aliphatic carbocycles. The van der Waals surface area contributed by atoms with Crippen molar-refractivity contribution in [2.45, 2.75) is 39.2 Å². The fourth-order valence-electron chi connectivity index (χ4n) is 3.28. The Morgan fingerprint density at radius 2 is 1.89 bits per heavy atom. The van der Waals surface area contributed by atoms with Gasteiger partial charge in [-0.3, -0.25) is 4.79 Å². The molecule has 8 heteroatoms. The number of likely N-dealkylation sites (tertiary alicyclic amines) is 1. The second-order valence-electron chi connectivity index (χ2n) is 6.81. The highest BCUT2D eigenvalue weighted by Crippen LogP contribution is 2.26. The lowest BCUT2D eigenvalue weighted by Crippen LogP contribution is -2.42. The third kappa shape index (κ3) is 5.88. The average molecular weight is 434 g/mol. The molecule has 1 fully saturated rings. The maximum absolute atomic E-state index is 13.0. The Bertz CT molecular complexity index is 744. The number of hydrogen-bond acceptors (Lipinski definition) is 4. The van der Waals surface area contributed by atoms with E-state index in [1.54, 1.807) is 12.1 Å². The molecule has 1 aliphatic heterocycles. The van der Waals surface area contributed by atoms with Crippen LogP contribution in [0.5, 0.6) is 0 Å². The summed E-state index contributed by atoms with van der Waals surface area (Å²) in [6, 6.07) is 6.60. The minimum Gasteiger partial charge on any atom is -0.338 e. The standard InChI is InChI=1S/C19H24FN3OS.2ClH/c1-12(21)15-7-9-23(10-8-15)19(24)18-13(2)22-17(25-18)11-14-3-5-16(20)6-4-14;;/h3-6,12,15H,7-11,21H2,1-2H3;2*1H. The quantitative estimate of drug-likeness (QED) is 0.784. The monoisotopic (exact) mass is 433 g/mol. The van der Waals surface area contributed by atoms with E-state index in [1.807, 2.05) is 18.7 Å². The zero-order valence-corrected chi connectivity index (χ0v) is 17.9. The molecular weight excluding hydrogens is 408 g/mol. The van der Waals surface area contributed by atoms with E-state index in [-0.39, 0.29) is 42.6 Å². The molecule has 1 amide bonds. The lowest BCUT2D eigenvalue weighted by molar-refractivity contribution is 0.0685. The Morgan fingerprint density at radius 3 is 2.44 bits per heavy atom. The van der Waals surface area contributed by atoms with Crippen LogP contribution in [0.4, 0.5) is 4.39 Å². The van der Waals surface area contributed by atoms with E-state index in [4.69, 9.17) is 5.73 Å². The van der Waals surface area contributed by atoms with Crippen LogP contribution in [-0.2, 0) is 6.42 Å². The number of nitrogens with zero attached hydrogens (tertiary/aromatic N) is 2. The molecule has 1 unspecified atom stereocenters. The summed E-state index contributed by atoms with van der Waals surface area (Å²) < 4.78 is 13.0. The predicted molar refractivity (Wildman–Crippen MR) is 113 cm³/mol. The Balaban J connectivity index is 0.00000182. The van der Waals surface area contributed by atoms with Crippen molar-refractivity contribution in [1.29, 1.82) is 0 Å². The molecular formula is C19H26Cl2FN3OS. The van der Waals surface area contributed by atoms with Gasteiger partial charge in [0.05, 0.1) is 10.7 Å². The molecule has 3 rings (SSSR count). The number of thiazole rings is 1. The fraction of sp³-hybridized carbons (Fsp3) is 0.474. The third-order valence-corrected chi connectivity index (χ3v) is 6.02. The molecule has 2 heterocycles. The number of amides is 1. The number of benzene rings is 1. The molecule has 2 aromatic rings. The highest BCUT2D eigenvalue weighted by molar-refractivity contribution is 7.13. The summed E-state index contributed by atoms with van der Waals surface area (Å²) in [5.41, 5.74) is 7.75. The number of aromatic nitrogens is 1. The molecule has 4 nitrogen and oxygen atoms in total. The summed E-state index contributed by atoms with van der Waals surface area (Å²) in [5.74, 6) is 0.328. The average Bonchev–Trinajstić information content (AvgIpc) is 2.96. The second-order valence-corrected chi connectivity index (χ2v) is 7.90. The zero-order chi connectivity index (χ0) is 18.0. The molecule has 1 atom stereocenters. The largest absolute Gasteiger partial charge is 0.338 e. The molecule has 27 heavy (non-hydrogen) atoms. The van der Waals surface area contributed by atoms with Crippen LogP contribution >= 0.6 is 36.2 Å². The topological polar surface area (TPSA) is 59.2 Å². The van der Waals surface area contributed by atoms with Gasteiger partial charge in [-0.1, -0.05) is 12.1 Å². The Kier molecular flexibility index (Phi) is 9.15. The van der Waals surface area contributed by atoms with Crippen molar-refractivity contribution in [1.82, 2.24) is 9.88 Å². The van der Waals surface area contributed by atoms with Crippen molar-refractivity contribution in [3.63, 3.8) is 0 Å². The lowest BCUT2D eigenvalue weighted by Gasteiger charge is -2.33. The lowest BCUT2D eigenvalue weighted by atomic mass is 9.91. The van der Waals surface area contributed by atoms with Crippen LogP contribution in [0.2, 0.25) is 0 Å². The first-order valence-electron chi connectivity index (χ1n) is 8.69. The van der Waals surface area contributed by atoms with Gasteiger partial charge in [-0.05, 0) is 50.3 Å². The van der Waals surface area contributed by atoms with E-state index >= 15 is 0 Å². The number of hydrogen-bond donors (Lipinski definition) is 1. The molecule has 1 saturated heterocycles. The number of halogens is 3. The van der Waals surface area contributed by atoms with E-state index in [0.717, 1.165) is 47.1 Å². The minimum absolute atomic E-state index is 0. The number of piperidine rings is 1. The van der Waals surface area contributed by atoms with Crippen molar-refractivity contribution in [3.05, 3.63) is 51.2 Å². The van der Waals surface area contributed by atoms with Gasteiger partial charge >= 0.3 is 0 Å².